The van der Waals surface area contributed by atoms with Gasteiger partial charge in [0.05, 0.1) is 5.69 Å². The van der Waals surface area contributed by atoms with E-state index in [2.05, 4.69) is 158 Å². The lowest BCUT2D eigenvalue weighted by Crippen LogP contribution is -2.16. The number of fused-ring (bicyclic) bond motifs is 6. The van der Waals surface area contributed by atoms with Crippen molar-refractivity contribution in [2.24, 2.45) is 0 Å². The minimum atomic E-state index is -0.0668. The molecule has 0 N–H and O–H groups in total. The van der Waals surface area contributed by atoms with E-state index in [9.17, 15) is 0 Å². The maximum absolute atomic E-state index is 2.46. The molecule has 0 radical (unpaired) electrons. The molecule has 0 fully saturated rings. The quantitative estimate of drug-likeness (QED) is 0.201. The zero-order valence-electron chi connectivity index (χ0n) is 24.1. The van der Waals surface area contributed by atoms with Crippen LogP contribution in [0.5, 0.6) is 0 Å². The first-order chi connectivity index (χ1) is 20.6. The first kappa shape index (κ1) is 24.9. The van der Waals surface area contributed by atoms with Gasteiger partial charge in [-0.1, -0.05) is 123 Å². The molecule has 6 aromatic carbocycles. The second-order valence-electron chi connectivity index (χ2n) is 12.1. The Hall–Kier alpha value is -4.88. The molecule has 0 atom stereocenters. The molecule has 0 saturated heterocycles. The number of anilines is 3. The highest BCUT2D eigenvalue weighted by molar-refractivity contribution is 6.15. The van der Waals surface area contributed by atoms with Gasteiger partial charge in [0.25, 0.3) is 0 Å². The summed E-state index contributed by atoms with van der Waals surface area (Å²) in [6, 6.07) is 45.0. The van der Waals surface area contributed by atoms with Crippen molar-refractivity contribution in [3.8, 4) is 11.1 Å². The van der Waals surface area contributed by atoms with Gasteiger partial charge in [-0.2, -0.15) is 0 Å². The van der Waals surface area contributed by atoms with E-state index < -0.39 is 0 Å². The summed E-state index contributed by atoms with van der Waals surface area (Å²) in [4.78, 5) is 2.46. The zero-order chi connectivity index (χ0) is 28.3. The molecule has 2 aliphatic carbocycles. The third-order valence-electron chi connectivity index (χ3n) is 9.27. The molecule has 42 heavy (non-hydrogen) atoms. The van der Waals surface area contributed by atoms with E-state index in [0.717, 1.165) is 18.5 Å². The van der Waals surface area contributed by atoms with E-state index in [1.807, 2.05) is 0 Å². The molecule has 0 amide bonds. The first-order valence-electron chi connectivity index (χ1n) is 15.0. The van der Waals surface area contributed by atoms with Crippen molar-refractivity contribution in [2.45, 2.75) is 32.1 Å². The molecule has 2 aliphatic rings. The van der Waals surface area contributed by atoms with E-state index >= 15 is 0 Å². The number of rotatable bonds is 4. The molecule has 0 spiro atoms. The Morgan fingerprint density at radius 3 is 2.19 bits per heavy atom. The van der Waals surface area contributed by atoms with Crippen LogP contribution in [0.4, 0.5) is 17.1 Å². The van der Waals surface area contributed by atoms with Crippen LogP contribution in [0, 0.1) is 0 Å². The van der Waals surface area contributed by atoms with Crippen molar-refractivity contribution in [3.05, 3.63) is 156 Å². The fourth-order valence-electron chi connectivity index (χ4n) is 7.11. The topological polar surface area (TPSA) is 3.24 Å². The van der Waals surface area contributed by atoms with Gasteiger partial charge < -0.3 is 4.90 Å². The van der Waals surface area contributed by atoms with Crippen LogP contribution in [-0.4, -0.2) is 0 Å². The van der Waals surface area contributed by atoms with Gasteiger partial charge in [-0.3, -0.25) is 0 Å². The van der Waals surface area contributed by atoms with Crippen LogP contribution in [0.2, 0.25) is 0 Å². The minimum absolute atomic E-state index is 0.0668. The molecule has 0 aliphatic heterocycles. The van der Waals surface area contributed by atoms with Crippen LogP contribution < -0.4 is 4.90 Å². The second kappa shape index (κ2) is 9.60. The molecule has 0 saturated carbocycles. The molecule has 0 heterocycles. The molecule has 0 aromatic heterocycles. The van der Waals surface area contributed by atoms with Crippen molar-refractivity contribution in [2.75, 3.05) is 4.90 Å². The van der Waals surface area contributed by atoms with Gasteiger partial charge in [0.2, 0.25) is 0 Å². The number of allylic oxidation sites excluding steroid dienone is 4. The normalized spacial score (nSPS) is 15.0. The van der Waals surface area contributed by atoms with E-state index in [0.29, 0.717) is 0 Å². The average Bonchev–Trinajstić information content (AvgIpc) is 3.28. The third kappa shape index (κ3) is 3.84. The number of benzene rings is 6. The highest BCUT2D eigenvalue weighted by atomic mass is 15.1. The summed E-state index contributed by atoms with van der Waals surface area (Å²) in [6.07, 6.45) is 9.12. The molecule has 0 unspecified atom stereocenters. The smallest absolute Gasteiger partial charge is 0.0546 e. The van der Waals surface area contributed by atoms with Gasteiger partial charge in [0.15, 0.2) is 0 Å². The van der Waals surface area contributed by atoms with Crippen molar-refractivity contribution >= 4 is 44.2 Å². The maximum Gasteiger partial charge on any atom is 0.0546 e. The fourth-order valence-corrected chi connectivity index (χ4v) is 7.11. The van der Waals surface area contributed by atoms with E-state index in [-0.39, 0.29) is 5.41 Å². The molecule has 202 valence electrons. The van der Waals surface area contributed by atoms with E-state index in [1.54, 1.807) is 0 Å². The Morgan fingerprint density at radius 2 is 1.33 bits per heavy atom. The predicted molar refractivity (Wildman–Crippen MR) is 180 cm³/mol. The standard InChI is InChI=1S/C41H33N/c1-41(2)37-17-9-8-16-35(37)36-26-25-33(27-38(36)41)42(32-23-21-29(22-24-32)28-11-4-3-5-12-28)39-18-10-14-31-20-19-30-13-6-7-15-34(30)40(31)39/h4,6-27H,3,5H2,1-2H3. The Bertz CT molecular complexity index is 2060. The number of hydrogen-bond donors (Lipinski definition) is 0. The number of hydrogen-bond acceptors (Lipinski definition) is 1. The van der Waals surface area contributed by atoms with E-state index in [1.165, 1.54) is 66.3 Å². The van der Waals surface area contributed by atoms with Crippen LogP contribution in [0.25, 0.3) is 38.2 Å². The summed E-state index contributed by atoms with van der Waals surface area (Å²) in [6.45, 7) is 4.72. The lowest BCUT2D eigenvalue weighted by Gasteiger charge is -2.29. The second-order valence-corrected chi connectivity index (χ2v) is 12.1. The Balaban J connectivity index is 1.36. The Kier molecular flexibility index (Phi) is 5.69. The van der Waals surface area contributed by atoms with Gasteiger partial charge in [0.1, 0.15) is 0 Å². The average molecular weight is 540 g/mol. The lowest BCUT2D eigenvalue weighted by atomic mass is 9.82. The van der Waals surface area contributed by atoms with Gasteiger partial charge in [-0.15, -0.1) is 0 Å². The summed E-state index contributed by atoms with van der Waals surface area (Å²) < 4.78 is 0. The van der Waals surface area contributed by atoms with Gasteiger partial charge in [0, 0.05) is 22.2 Å². The maximum atomic E-state index is 2.46. The molecule has 6 aromatic rings. The molecule has 8 rings (SSSR count). The van der Waals surface area contributed by atoms with Gasteiger partial charge in [-0.25, -0.2) is 0 Å². The fraction of sp³-hybridized carbons (Fsp3) is 0.122. The van der Waals surface area contributed by atoms with Gasteiger partial charge >= 0.3 is 0 Å². The minimum Gasteiger partial charge on any atom is -0.310 e. The van der Waals surface area contributed by atoms with Crippen LogP contribution in [-0.2, 0) is 5.41 Å². The Labute approximate surface area is 248 Å². The molecular weight excluding hydrogens is 506 g/mol. The summed E-state index contributed by atoms with van der Waals surface area (Å²) in [7, 11) is 0. The van der Waals surface area contributed by atoms with Crippen LogP contribution >= 0.6 is 0 Å². The van der Waals surface area contributed by atoms with Crippen LogP contribution in [0.15, 0.2) is 140 Å². The van der Waals surface area contributed by atoms with Crippen LogP contribution in [0.1, 0.15) is 43.4 Å². The van der Waals surface area contributed by atoms with E-state index in [4.69, 9.17) is 0 Å². The summed E-state index contributed by atoms with van der Waals surface area (Å²) >= 11 is 0. The third-order valence-corrected chi connectivity index (χ3v) is 9.27. The molecule has 1 heteroatoms. The van der Waals surface area contributed by atoms with Crippen molar-refractivity contribution in [1.29, 1.82) is 0 Å². The van der Waals surface area contributed by atoms with Crippen molar-refractivity contribution < 1.29 is 0 Å². The SMILES string of the molecule is CC1(C)c2ccccc2-c2ccc(N(c3ccc(C4=CCCC=C4)cc3)c3cccc4ccc5ccccc5c34)cc21. The summed E-state index contributed by atoms with van der Waals surface area (Å²) in [5, 5.41) is 5.06. The molecule has 0 bridgehead atoms. The van der Waals surface area contributed by atoms with Gasteiger partial charge in [-0.05, 0) is 92.7 Å². The predicted octanol–water partition coefficient (Wildman–Crippen LogP) is 11.5. The number of nitrogens with zero attached hydrogens (tertiary/aromatic N) is 1. The summed E-state index contributed by atoms with van der Waals surface area (Å²) in [5.41, 5.74) is 11.5. The highest BCUT2D eigenvalue weighted by Gasteiger charge is 2.35. The largest absolute Gasteiger partial charge is 0.310 e. The molecule has 1 nitrogen and oxygen atoms in total. The molecular formula is C41H33N. The van der Waals surface area contributed by atoms with Crippen LogP contribution in [0.3, 0.4) is 0 Å². The van der Waals surface area contributed by atoms with Crippen molar-refractivity contribution in [1.82, 2.24) is 0 Å². The Morgan fingerprint density at radius 1 is 0.595 bits per heavy atom. The summed E-state index contributed by atoms with van der Waals surface area (Å²) in [5.74, 6) is 0. The zero-order valence-corrected chi connectivity index (χ0v) is 24.1. The van der Waals surface area contributed by atoms with Crippen molar-refractivity contribution in [3.63, 3.8) is 0 Å². The monoisotopic (exact) mass is 539 g/mol. The first-order valence-corrected chi connectivity index (χ1v) is 15.0. The highest BCUT2D eigenvalue weighted by Crippen LogP contribution is 2.51. The lowest BCUT2D eigenvalue weighted by molar-refractivity contribution is 0.660.